The number of benzene rings is 4. The minimum atomic E-state index is -3.65. The highest BCUT2D eigenvalue weighted by Gasteiger charge is 2.33. The van der Waals surface area contributed by atoms with Gasteiger partial charge in [0.05, 0.1) is 35.2 Å². The van der Waals surface area contributed by atoms with Gasteiger partial charge in [-0.15, -0.1) is 0 Å². The topological polar surface area (TPSA) is 90.8 Å². The molecule has 268 valence electrons. The summed E-state index contributed by atoms with van der Waals surface area (Å²) < 4.78 is 62.2. The van der Waals surface area contributed by atoms with Gasteiger partial charge in [0.25, 0.3) is 0 Å². The average Bonchev–Trinajstić information content (AvgIpc) is 3.38. The third-order valence-electron chi connectivity index (χ3n) is 9.23. The fraction of sp³-hybridized carbons (Fsp3) is 0.385. The van der Waals surface area contributed by atoms with E-state index in [9.17, 15) is 12.8 Å². The first-order valence-corrected chi connectivity index (χ1v) is 21.9. The van der Waals surface area contributed by atoms with Crippen molar-refractivity contribution in [3.05, 3.63) is 102 Å². The molecule has 1 aromatic heterocycles. The van der Waals surface area contributed by atoms with E-state index in [0.29, 0.717) is 26.2 Å². The summed E-state index contributed by atoms with van der Waals surface area (Å²) in [5.41, 5.74) is 4.03. The Bertz CT molecular complexity index is 1990. The van der Waals surface area contributed by atoms with E-state index in [-0.39, 0.29) is 17.9 Å². The number of nitrogens with zero attached hydrogens (tertiary/aromatic N) is 1. The van der Waals surface area contributed by atoms with Gasteiger partial charge in [0, 0.05) is 42.5 Å². The smallest absolute Gasteiger partial charge is 0.229 e. The molecular weight excluding hydrogens is 670 g/mol. The van der Waals surface area contributed by atoms with Gasteiger partial charge in [0.1, 0.15) is 23.9 Å². The van der Waals surface area contributed by atoms with Crippen LogP contribution in [0.4, 0.5) is 10.1 Å². The molecule has 5 aromatic rings. The molecule has 0 aliphatic rings. The van der Waals surface area contributed by atoms with Crippen molar-refractivity contribution in [2.75, 3.05) is 30.7 Å². The normalized spacial score (nSPS) is 12.9. The van der Waals surface area contributed by atoms with E-state index < -0.39 is 24.2 Å². The molecule has 0 saturated heterocycles. The number of fused-ring (bicyclic) bond motifs is 3. The number of sulfonamides is 1. The first-order chi connectivity index (χ1) is 23.9. The molecule has 4 aromatic carbocycles. The van der Waals surface area contributed by atoms with Crippen molar-refractivity contribution < 1.29 is 26.7 Å². The lowest BCUT2D eigenvalue weighted by molar-refractivity contribution is 0.183. The summed E-state index contributed by atoms with van der Waals surface area (Å²) in [6.07, 6.45) is 0.711. The van der Waals surface area contributed by atoms with Crippen LogP contribution in [0.25, 0.3) is 21.8 Å². The Balaban J connectivity index is 1.33. The summed E-state index contributed by atoms with van der Waals surface area (Å²) in [5, 5.41) is 5.79. The zero-order valence-corrected chi connectivity index (χ0v) is 31.8. The number of nitrogens with one attached hydrogen (secondary N) is 2. The molecule has 0 spiro atoms. The molecule has 0 fully saturated rings. The lowest BCUT2D eigenvalue weighted by Gasteiger charge is -2.34. The Morgan fingerprint density at radius 3 is 2.10 bits per heavy atom. The molecule has 0 bridgehead atoms. The maximum atomic E-state index is 14.6. The number of anilines is 1. The van der Waals surface area contributed by atoms with Gasteiger partial charge in [0.2, 0.25) is 10.0 Å². The Hall–Kier alpha value is -3.90. The monoisotopic (exact) mass is 719 g/mol. The fourth-order valence-electron chi connectivity index (χ4n) is 6.45. The molecule has 11 heteroatoms. The maximum absolute atomic E-state index is 14.6. The first kappa shape index (κ1) is 37.4. The Kier molecular flexibility index (Phi) is 12.3. The average molecular weight is 720 g/mol. The Labute approximate surface area is 297 Å². The highest BCUT2D eigenvalue weighted by Crippen LogP contribution is 2.35. The van der Waals surface area contributed by atoms with Crippen LogP contribution in [0.3, 0.4) is 0 Å². The quantitative estimate of drug-likeness (QED) is 0.0695. The molecule has 0 amide bonds. The second-order valence-electron chi connectivity index (χ2n) is 13.1. The van der Waals surface area contributed by atoms with Gasteiger partial charge in [-0.2, -0.15) is 0 Å². The summed E-state index contributed by atoms with van der Waals surface area (Å²) in [6.45, 7) is 12.7. The Morgan fingerprint density at radius 1 is 0.840 bits per heavy atom. The molecule has 1 atom stereocenters. The number of ether oxygens (including phenoxy) is 2. The minimum Gasteiger partial charge on any atom is -0.492 e. The van der Waals surface area contributed by atoms with Crippen LogP contribution in [0.1, 0.15) is 51.8 Å². The van der Waals surface area contributed by atoms with Crippen LogP contribution in [0.15, 0.2) is 84.9 Å². The van der Waals surface area contributed by atoms with Gasteiger partial charge in [-0.1, -0.05) is 57.2 Å². The third kappa shape index (κ3) is 9.25. The second-order valence-corrected chi connectivity index (χ2v) is 19.6. The second kappa shape index (κ2) is 16.4. The van der Waals surface area contributed by atoms with E-state index in [1.807, 2.05) is 32.0 Å². The van der Waals surface area contributed by atoms with E-state index >= 15 is 0 Å². The summed E-state index contributed by atoms with van der Waals surface area (Å²) in [7, 11) is -5.71. The molecule has 0 aliphatic heterocycles. The Morgan fingerprint density at radius 2 is 1.48 bits per heavy atom. The van der Waals surface area contributed by atoms with Crippen molar-refractivity contribution in [1.29, 1.82) is 0 Å². The summed E-state index contributed by atoms with van der Waals surface area (Å²) in [6, 6.07) is 30.3. The molecule has 0 radical (unpaired) electrons. The number of halogens is 1. The van der Waals surface area contributed by atoms with E-state index in [0.717, 1.165) is 63.3 Å². The van der Waals surface area contributed by atoms with Gasteiger partial charge < -0.3 is 23.8 Å². The zero-order chi connectivity index (χ0) is 35.9. The highest BCUT2D eigenvalue weighted by molar-refractivity contribution is 7.92. The van der Waals surface area contributed by atoms with Gasteiger partial charge in [-0.05, 0) is 79.5 Å². The van der Waals surface area contributed by atoms with E-state index in [2.05, 4.69) is 83.9 Å². The van der Waals surface area contributed by atoms with Crippen molar-refractivity contribution in [2.24, 2.45) is 0 Å². The number of hydrogen-bond donors (Lipinski definition) is 2. The molecule has 5 rings (SSSR count). The molecule has 0 unspecified atom stereocenters. The lowest BCUT2D eigenvalue weighted by Crippen LogP contribution is -2.40. The van der Waals surface area contributed by atoms with Crippen molar-refractivity contribution in [1.82, 2.24) is 9.88 Å². The van der Waals surface area contributed by atoms with Crippen molar-refractivity contribution in [3.8, 4) is 11.5 Å². The van der Waals surface area contributed by atoms with Gasteiger partial charge in [0.15, 0.2) is 8.32 Å². The molecule has 50 heavy (non-hydrogen) atoms. The molecule has 0 saturated carbocycles. The molecular formula is C39H50FN3O5SSi. The van der Waals surface area contributed by atoms with Gasteiger partial charge in [-0.3, -0.25) is 4.72 Å². The lowest BCUT2D eigenvalue weighted by atomic mass is 10.1. The van der Waals surface area contributed by atoms with Crippen LogP contribution in [-0.2, 0) is 21.0 Å². The SMILES string of the molecule is CC[Si](CC)(CC)O[C@@H](CNCCOc1ccc2c3ccc(OC(C)C)cc3n(Cc3ccccc3)c2c1)c1ccc(F)c(NS(C)(=O)=O)c1. The fourth-order valence-corrected chi connectivity index (χ4v) is 9.83. The molecule has 8 nitrogen and oxygen atoms in total. The van der Waals surface area contributed by atoms with Crippen LogP contribution in [0.2, 0.25) is 18.1 Å². The molecule has 0 aliphatic carbocycles. The van der Waals surface area contributed by atoms with Crippen LogP contribution < -0.4 is 19.5 Å². The maximum Gasteiger partial charge on any atom is 0.229 e. The van der Waals surface area contributed by atoms with E-state index in [1.165, 1.54) is 11.6 Å². The number of hydrogen-bond acceptors (Lipinski definition) is 6. The van der Waals surface area contributed by atoms with Crippen molar-refractivity contribution in [2.45, 2.75) is 71.5 Å². The number of rotatable bonds is 18. The van der Waals surface area contributed by atoms with E-state index in [4.69, 9.17) is 13.9 Å². The van der Waals surface area contributed by atoms with Crippen LogP contribution >= 0.6 is 0 Å². The summed E-state index contributed by atoms with van der Waals surface area (Å²) >= 11 is 0. The zero-order valence-electron chi connectivity index (χ0n) is 30.0. The van der Waals surface area contributed by atoms with Crippen molar-refractivity contribution >= 4 is 45.8 Å². The predicted molar refractivity (Wildman–Crippen MR) is 205 cm³/mol. The third-order valence-corrected chi connectivity index (χ3v) is 14.5. The largest absolute Gasteiger partial charge is 0.492 e. The van der Waals surface area contributed by atoms with Crippen LogP contribution in [0, 0.1) is 5.82 Å². The first-order valence-electron chi connectivity index (χ1n) is 17.5. The van der Waals surface area contributed by atoms with Crippen molar-refractivity contribution in [3.63, 3.8) is 0 Å². The highest BCUT2D eigenvalue weighted by atomic mass is 32.2. The summed E-state index contributed by atoms with van der Waals surface area (Å²) in [5.74, 6) is 0.982. The molecule has 1 heterocycles. The van der Waals surface area contributed by atoms with Crippen LogP contribution in [-0.4, -0.2) is 53.4 Å². The number of aromatic nitrogens is 1. The minimum absolute atomic E-state index is 0.0782. The van der Waals surface area contributed by atoms with E-state index in [1.54, 1.807) is 12.1 Å². The molecule has 2 N–H and O–H groups in total. The van der Waals surface area contributed by atoms with Gasteiger partial charge in [-0.25, -0.2) is 12.8 Å². The van der Waals surface area contributed by atoms with Crippen LogP contribution in [0.5, 0.6) is 11.5 Å². The predicted octanol–water partition coefficient (Wildman–Crippen LogP) is 8.87. The standard InChI is InChI=1S/C39H50FN3O5SSi/c1-7-50(8-2,9-3)48-39(30-15-20-35(40)36(23-30)42-49(6,44)45)26-41-21-22-46-31-16-18-33-34-19-17-32(47-28(4)5)25-38(34)43(37(33)24-31)27-29-13-11-10-12-14-29/h10-20,23-25,28,39,41-42H,7-9,21-22,26-27H2,1-6H3/t39-/m0/s1. The summed E-state index contributed by atoms with van der Waals surface area (Å²) in [4.78, 5) is 0. The van der Waals surface area contributed by atoms with Gasteiger partial charge >= 0.3 is 0 Å².